The van der Waals surface area contributed by atoms with Crippen LogP contribution in [0.25, 0.3) is 0 Å². The zero-order valence-corrected chi connectivity index (χ0v) is 19.7. The van der Waals surface area contributed by atoms with Gasteiger partial charge in [0, 0.05) is 12.1 Å². The Morgan fingerprint density at radius 1 is 1.25 bits per heavy atom. The van der Waals surface area contributed by atoms with Crippen molar-refractivity contribution < 1.29 is 13.6 Å². The Bertz CT molecular complexity index is 753. The van der Waals surface area contributed by atoms with E-state index in [1.807, 2.05) is 0 Å². The van der Waals surface area contributed by atoms with Crippen LogP contribution in [0.1, 0.15) is 59.8 Å². The molecule has 0 bridgehead atoms. The van der Waals surface area contributed by atoms with Gasteiger partial charge in [0.1, 0.15) is 5.82 Å². The number of carbonyl (C=O) groups excluding carboxylic acids is 1. The van der Waals surface area contributed by atoms with Crippen LogP contribution in [-0.2, 0) is 9.22 Å². The smallest absolute Gasteiger partial charge is 0.233 e. The Morgan fingerprint density at radius 2 is 1.86 bits per heavy atom. The minimum Gasteiger partial charge on any atom is -0.414 e. The molecule has 3 nitrogen and oxygen atoms in total. The predicted octanol–water partition coefficient (Wildman–Crippen LogP) is 6.56. The van der Waals surface area contributed by atoms with Gasteiger partial charge in [-0.1, -0.05) is 32.4 Å². The maximum absolute atomic E-state index is 13.4. The quantitative estimate of drug-likeness (QED) is 0.513. The van der Waals surface area contributed by atoms with E-state index >= 15 is 0 Å². The lowest BCUT2D eigenvalue weighted by atomic mass is 9.71. The van der Waals surface area contributed by atoms with E-state index < -0.39 is 8.32 Å². The maximum Gasteiger partial charge on any atom is 0.233 e. The van der Waals surface area contributed by atoms with E-state index in [2.05, 4.69) is 40.8 Å². The van der Waals surface area contributed by atoms with Crippen molar-refractivity contribution in [3.05, 3.63) is 29.0 Å². The fraction of sp³-hybridized carbons (Fsp3) is 0.682. The second kappa shape index (κ2) is 7.40. The summed E-state index contributed by atoms with van der Waals surface area (Å²) in [6, 6.07) is 4.34. The molecule has 1 saturated heterocycles. The highest BCUT2D eigenvalue weighted by Crippen LogP contribution is 2.50. The molecule has 0 N–H and O–H groups in total. The molecule has 1 aliphatic heterocycles. The second-order valence-electron chi connectivity index (χ2n) is 10.2. The van der Waals surface area contributed by atoms with Crippen LogP contribution in [0.15, 0.2) is 18.2 Å². The van der Waals surface area contributed by atoms with Gasteiger partial charge in [0.2, 0.25) is 5.91 Å². The molecule has 1 unspecified atom stereocenters. The number of nitrogens with zero attached hydrogens (tertiary/aromatic N) is 1. The molecule has 0 aromatic heterocycles. The number of hydrogen-bond acceptors (Lipinski definition) is 2. The zero-order valence-electron chi connectivity index (χ0n) is 17.9. The summed E-state index contributed by atoms with van der Waals surface area (Å²) in [5, 5.41) is 0.489. The minimum absolute atomic E-state index is 0.0633. The number of hydrogen-bond donors (Lipinski definition) is 0. The zero-order chi connectivity index (χ0) is 20.9. The Kier molecular flexibility index (Phi) is 5.76. The Labute approximate surface area is 174 Å². The van der Waals surface area contributed by atoms with Crippen LogP contribution in [0.4, 0.5) is 10.1 Å². The number of benzene rings is 1. The molecular formula is C22H33ClFNO2Si. The molecule has 1 aromatic rings. The first-order valence-corrected chi connectivity index (χ1v) is 13.6. The van der Waals surface area contributed by atoms with E-state index in [9.17, 15) is 9.18 Å². The maximum atomic E-state index is 13.4. The molecule has 1 amide bonds. The third-order valence-electron chi connectivity index (χ3n) is 7.13. The van der Waals surface area contributed by atoms with Crippen molar-refractivity contribution in [2.24, 2.45) is 5.41 Å². The Morgan fingerprint density at radius 3 is 2.39 bits per heavy atom. The van der Waals surface area contributed by atoms with E-state index in [-0.39, 0.29) is 34.3 Å². The van der Waals surface area contributed by atoms with Crippen molar-refractivity contribution >= 4 is 31.5 Å². The number of carbonyl (C=O) groups is 1. The normalized spacial score (nSPS) is 29.0. The van der Waals surface area contributed by atoms with Crippen LogP contribution in [0, 0.1) is 11.2 Å². The van der Waals surface area contributed by atoms with E-state index in [1.165, 1.54) is 12.1 Å². The highest BCUT2D eigenvalue weighted by atomic mass is 35.5. The summed E-state index contributed by atoms with van der Waals surface area (Å²) in [6.07, 6.45) is 4.63. The minimum atomic E-state index is -1.80. The summed E-state index contributed by atoms with van der Waals surface area (Å²) < 4.78 is 20.0. The van der Waals surface area contributed by atoms with E-state index in [4.69, 9.17) is 16.0 Å². The number of amides is 1. The molecule has 1 aromatic carbocycles. The van der Waals surface area contributed by atoms with Crippen LogP contribution >= 0.6 is 11.6 Å². The van der Waals surface area contributed by atoms with Gasteiger partial charge in [0.25, 0.3) is 0 Å². The second-order valence-corrected chi connectivity index (χ2v) is 15.3. The van der Waals surface area contributed by atoms with E-state index in [1.54, 1.807) is 11.0 Å². The summed E-state index contributed by atoms with van der Waals surface area (Å²) in [5.41, 5.74) is 0.293. The molecule has 2 aliphatic rings. The van der Waals surface area contributed by atoms with Crippen molar-refractivity contribution in [1.29, 1.82) is 0 Å². The fourth-order valence-corrected chi connectivity index (χ4v) is 6.18. The van der Waals surface area contributed by atoms with Crippen molar-refractivity contribution in [3.8, 4) is 0 Å². The van der Waals surface area contributed by atoms with Gasteiger partial charge in [-0.15, -0.1) is 0 Å². The van der Waals surface area contributed by atoms with Gasteiger partial charge in [0.05, 0.1) is 16.1 Å². The topological polar surface area (TPSA) is 29.5 Å². The monoisotopic (exact) mass is 425 g/mol. The summed E-state index contributed by atoms with van der Waals surface area (Å²) >= 11 is 6.26. The molecule has 1 heterocycles. The average molecular weight is 426 g/mol. The van der Waals surface area contributed by atoms with Crippen LogP contribution < -0.4 is 4.90 Å². The molecule has 1 aliphatic carbocycles. The summed E-state index contributed by atoms with van der Waals surface area (Å²) in [6.45, 7) is 13.4. The van der Waals surface area contributed by atoms with Crippen molar-refractivity contribution in [1.82, 2.24) is 0 Å². The molecule has 3 rings (SSSR count). The number of rotatable bonds is 3. The lowest BCUT2D eigenvalue weighted by Crippen LogP contribution is -2.46. The Balaban J connectivity index is 1.73. The van der Waals surface area contributed by atoms with Gasteiger partial charge in [-0.25, -0.2) is 4.39 Å². The van der Waals surface area contributed by atoms with Gasteiger partial charge in [-0.05, 0) is 75.4 Å². The highest BCUT2D eigenvalue weighted by molar-refractivity contribution is 6.74. The average Bonchev–Trinajstić information content (AvgIpc) is 2.80. The van der Waals surface area contributed by atoms with Crippen LogP contribution in [0.5, 0.6) is 0 Å². The lowest BCUT2D eigenvalue weighted by molar-refractivity contribution is -0.128. The Hall–Kier alpha value is -0.913. The van der Waals surface area contributed by atoms with Gasteiger partial charge < -0.3 is 9.33 Å². The summed E-state index contributed by atoms with van der Waals surface area (Å²) in [7, 11) is -1.80. The highest BCUT2D eigenvalue weighted by Gasteiger charge is 2.53. The SMILES string of the molecule is CC1CC2(CCC(O[Si](C)(C)C(C)(C)C)CC2)C(=O)N1c1ccc(F)cc1Cl. The van der Waals surface area contributed by atoms with Gasteiger partial charge >= 0.3 is 0 Å². The third-order valence-corrected chi connectivity index (χ3v) is 12.0. The number of halogens is 2. The molecule has 1 saturated carbocycles. The molecule has 28 heavy (non-hydrogen) atoms. The standard InChI is InChI=1S/C22H33ClFNO2Si/c1-15-14-22(20(26)25(15)19-8-7-16(24)13-18(19)23)11-9-17(10-12-22)27-28(5,6)21(2,3)4/h7-8,13,15,17H,9-12,14H2,1-6H3. The lowest BCUT2D eigenvalue weighted by Gasteiger charge is -2.43. The number of anilines is 1. The molecule has 2 fully saturated rings. The van der Waals surface area contributed by atoms with Crippen LogP contribution in [0.2, 0.25) is 23.2 Å². The molecule has 1 atom stereocenters. The molecular weight excluding hydrogens is 393 g/mol. The predicted molar refractivity (Wildman–Crippen MR) is 116 cm³/mol. The van der Waals surface area contributed by atoms with Gasteiger partial charge in [0.15, 0.2) is 8.32 Å². The first kappa shape index (κ1) is 21.8. The van der Waals surface area contributed by atoms with Gasteiger partial charge in [-0.2, -0.15) is 0 Å². The molecule has 156 valence electrons. The largest absolute Gasteiger partial charge is 0.414 e. The summed E-state index contributed by atoms with van der Waals surface area (Å²) in [5.74, 6) is -0.245. The van der Waals surface area contributed by atoms with E-state index in [0.29, 0.717) is 10.7 Å². The van der Waals surface area contributed by atoms with Crippen LogP contribution in [-0.4, -0.2) is 26.4 Å². The fourth-order valence-electron chi connectivity index (χ4n) is 4.50. The van der Waals surface area contributed by atoms with E-state index in [0.717, 1.165) is 32.1 Å². The third kappa shape index (κ3) is 3.90. The first-order chi connectivity index (χ1) is 12.9. The molecule has 6 heteroatoms. The van der Waals surface area contributed by atoms with Gasteiger partial charge in [-0.3, -0.25) is 4.79 Å². The molecule has 1 spiro atoms. The van der Waals surface area contributed by atoms with Crippen molar-refractivity contribution in [2.75, 3.05) is 4.90 Å². The van der Waals surface area contributed by atoms with Crippen molar-refractivity contribution in [2.45, 2.75) is 90.1 Å². The first-order valence-electron chi connectivity index (χ1n) is 10.3. The summed E-state index contributed by atoms with van der Waals surface area (Å²) in [4.78, 5) is 15.2. The van der Waals surface area contributed by atoms with Crippen molar-refractivity contribution in [3.63, 3.8) is 0 Å². The molecule has 0 radical (unpaired) electrons. The van der Waals surface area contributed by atoms with Crippen LogP contribution in [0.3, 0.4) is 0 Å².